The third-order valence-electron chi connectivity index (χ3n) is 3.21. The lowest BCUT2D eigenvalue weighted by molar-refractivity contribution is -0.127. The van der Waals surface area contributed by atoms with Crippen LogP contribution in [-0.2, 0) is 4.79 Å². The quantitative estimate of drug-likeness (QED) is 0.817. The summed E-state index contributed by atoms with van der Waals surface area (Å²) in [7, 11) is 0. The smallest absolute Gasteiger partial charge is 0.223 e. The van der Waals surface area contributed by atoms with E-state index in [2.05, 4.69) is 11.9 Å². The maximum Gasteiger partial charge on any atom is 0.223 e. The van der Waals surface area contributed by atoms with Crippen molar-refractivity contribution < 1.29 is 4.79 Å². The van der Waals surface area contributed by atoms with Crippen molar-refractivity contribution in [1.82, 2.24) is 5.32 Å². The number of carbonyl (C=O) groups excluding carboxylic acids is 1. The van der Waals surface area contributed by atoms with Gasteiger partial charge >= 0.3 is 0 Å². The molecule has 0 aliphatic carbocycles. The third-order valence-corrected chi connectivity index (χ3v) is 3.47. The lowest BCUT2D eigenvalue weighted by atomic mass is 9.88. The fraction of sp³-hybridized carbons (Fsp3) is 0.357. The van der Waals surface area contributed by atoms with Crippen molar-refractivity contribution in [2.75, 3.05) is 0 Å². The molecule has 1 aliphatic rings. The molecule has 1 aliphatic heterocycles. The first kappa shape index (κ1) is 12.2. The first-order chi connectivity index (χ1) is 8.20. The lowest BCUT2D eigenvalue weighted by Crippen LogP contribution is -2.38. The summed E-state index contributed by atoms with van der Waals surface area (Å²) in [4.78, 5) is 11.8. The number of rotatable bonds is 3. The van der Waals surface area contributed by atoms with Crippen molar-refractivity contribution in [2.45, 2.75) is 25.3 Å². The molecule has 1 heterocycles. The number of amides is 1. The fourth-order valence-electron chi connectivity index (χ4n) is 2.23. The maximum absolute atomic E-state index is 11.8. The summed E-state index contributed by atoms with van der Waals surface area (Å²) < 4.78 is 0. The summed E-state index contributed by atoms with van der Waals surface area (Å²) in [6.07, 6.45) is 4.48. The maximum atomic E-state index is 11.8. The molecule has 1 N–H and O–H groups in total. The fourth-order valence-corrected chi connectivity index (χ4v) is 2.36. The highest BCUT2D eigenvalue weighted by atomic mass is 35.5. The van der Waals surface area contributed by atoms with E-state index in [0.29, 0.717) is 0 Å². The molecule has 1 unspecified atom stereocenters. The van der Waals surface area contributed by atoms with E-state index in [9.17, 15) is 4.79 Å². The number of hydrogen-bond acceptors (Lipinski definition) is 1. The molecule has 2 rings (SSSR count). The zero-order valence-corrected chi connectivity index (χ0v) is 10.4. The Morgan fingerprint density at radius 2 is 2.06 bits per heavy atom. The largest absolute Gasteiger partial charge is 0.349 e. The first-order valence-corrected chi connectivity index (χ1v) is 6.25. The molecule has 0 saturated carbocycles. The molecule has 0 radical (unpaired) electrons. The van der Waals surface area contributed by atoms with Crippen molar-refractivity contribution in [3.63, 3.8) is 0 Å². The van der Waals surface area contributed by atoms with E-state index in [4.69, 9.17) is 11.6 Å². The van der Waals surface area contributed by atoms with Gasteiger partial charge in [-0.1, -0.05) is 29.8 Å². The summed E-state index contributed by atoms with van der Waals surface area (Å²) in [5, 5.41) is 3.78. The minimum atomic E-state index is 0.0936. The van der Waals surface area contributed by atoms with Crippen LogP contribution in [0.3, 0.4) is 0 Å². The average Bonchev–Trinajstić information content (AvgIpc) is 2.33. The first-order valence-electron chi connectivity index (χ1n) is 5.87. The van der Waals surface area contributed by atoms with Crippen LogP contribution >= 0.6 is 11.6 Å². The second kappa shape index (κ2) is 5.37. The monoisotopic (exact) mass is 249 g/mol. The van der Waals surface area contributed by atoms with Crippen LogP contribution in [0.25, 0.3) is 0 Å². The average molecular weight is 250 g/mol. The van der Waals surface area contributed by atoms with E-state index in [1.807, 2.05) is 30.3 Å². The number of nitrogens with one attached hydrogen (secondary N) is 1. The molecule has 0 bridgehead atoms. The van der Waals surface area contributed by atoms with Crippen LogP contribution in [0.4, 0.5) is 0 Å². The SMILES string of the molecule is C=CC[C@H]1CCC(c2ccc(Cl)cc2)NC1=O. The summed E-state index contributed by atoms with van der Waals surface area (Å²) in [5.41, 5.74) is 1.12. The van der Waals surface area contributed by atoms with Gasteiger partial charge in [0.25, 0.3) is 0 Å². The molecule has 17 heavy (non-hydrogen) atoms. The van der Waals surface area contributed by atoms with Crippen molar-refractivity contribution in [3.8, 4) is 0 Å². The Morgan fingerprint density at radius 1 is 1.35 bits per heavy atom. The van der Waals surface area contributed by atoms with E-state index < -0.39 is 0 Å². The van der Waals surface area contributed by atoms with Gasteiger partial charge < -0.3 is 5.32 Å². The van der Waals surface area contributed by atoms with Crippen molar-refractivity contribution in [2.24, 2.45) is 5.92 Å². The van der Waals surface area contributed by atoms with Gasteiger partial charge in [-0.25, -0.2) is 0 Å². The van der Waals surface area contributed by atoms with Crippen LogP contribution in [0.5, 0.6) is 0 Å². The highest BCUT2D eigenvalue weighted by molar-refractivity contribution is 6.30. The zero-order chi connectivity index (χ0) is 12.3. The van der Waals surface area contributed by atoms with E-state index in [1.54, 1.807) is 0 Å². The normalized spacial score (nSPS) is 24.2. The number of hydrogen-bond donors (Lipinski definition) is 1. The predicted octanol–water partition coefficient (Wildman–Crippen LogP) is 3.48. The Bertz CT molecular complexity index is 413. The topological polar surface area (TPSA) is 29.1 Å². The Kier molecular flexibility index (Phi) is 3.85. The minimum Gasteiger partial charge on any atom is -0.349 e. The van der Waals surface area contributed by atoms with Crippen LogP contribution in [0.2, 0.25) is 5.02 Å². The van der Waals surface area contributed by atoms with E-state index >= 15 is 0 Å². The van der Waals surface area contributed by atoms with Crippen LogP contribution in [0.15, 0.2) is 36.9 Å². The number of benzene rings is 1. The van der Waals surface area contributed by atoms with Gasteiger partial charge in [-0.2, -0.15) is 0 Å². The second-order valence-corrected chi connectivity index (χ2v) is 4.85. The van der Waals surface area contributed by atoms with Gasteiger partial charge in [0.05, 0.1) is 6.04 Å². The summed E-state index contributed by atoms with van der Waals surface area (Å²) in [6, 6.07) is 7.79. The number of piperidine rings is 1. The van der Waals surface area contributed by atoms with E-state index in [1.165, 1.54) is 0 Å². The zero-order valence-electron chi connectivity index (χ0n) is 9.66. The molecule has 3 heteroatoms. The molecular weight excluding hydrogens is 234 g/mol. The molecular formula is C14H16ClNO. The molecule has 0 aromatic heterocycles. The van der Waals surface area contributed by atoms with Crippen molar-refractivity contribution in [3.05, 3.63) is 47.5 Å². The summed E-state index contributed by atoms with van der Waals surface area (Å²) >= 11 is 5.85. The van der Waals surface area contributed by atoms with Gasteiger partial charge in [0.2, 0.25) is 5.91 Å². The summed E-state index contributed by atoms with van der Waals surface area (Å²) in [6.45, 7) is 3.68. The van der Waals surface area contributed by atoms with Gasteiger partial charge in [0, 0.05) is 10.9 Å². The van der Waals surface area contributed by atoms with Gasteiger partial charge in [-0.05, 0) is 37.0 Å². The van der Waals surface area contributed by atoms with Gasteiger partial charge in [0.15, 0.2) is 0 Å². The lowest BCUT2D eigenvalue weighted by Gasteiger charge is -2.29. The third kappa shape index (κ3) is 2.89. The molecule has 0 spiro atoms. The number of carbonyl (C=O) groups is 1. The second-order valence-electron chi connectivity index (χ2n) is 4.41. The Balaban J connectivity index is 2.04. The van der Waals surface area contributed by atoms with Gasteiger partial charge in [-0.3, -0.25) is 4.79 Å². The standard InChI is InChI=1S/C14H16ClNO/c1-2-3-11-6-9-13(16-14(11)17)10-4-7-12(15)8-5-10/h2,4-5,7-8,11,13H,1,3,6,9H2,(H,16,17)/t11-,13?/m0/s1. The van der Waals surface area contributed by atoms with Crippen LogP contribution in [-0.4, -0.2) is 5.91 Å². The molecule has 1 aromatic carbocycles. The molecule has 2 atom stereocenters. The molecule has 2 nitrogen and oxygen atoms in total. The molecule has 1 fully saturated rings. The highest BCUT2D eigenvalue weighted by Gasteiger charge is 2.27. The summed E-state index contributed by atoms with van der Waals surface area (Å²) in [5.74, 6) is 0.229. The molecule has 1 saturated heterocycles. The van der Waals surface area contributed by atoms with E-state index in [0.717, 1.165) is 29.8 Å². The molecule has 1 amide bonds. The molecule has 90 valence electrons. The molecule has 1 aromatic rings. The van der Waals surface area contributed by atoms with Crippen LogP contribution in [0.1, 0.15) is 30.9 Å². The number of halogens is 1. The van der Waals surface area contributed by atoms with Crippen LogP contribution in [0, 0.1) is 5.92 Å². The van der Waals surface area contributed by atoms with E-state index in [-0.39, 0.29) is 17.9 Å². The highest BCUT2D eigenvalue weighted by Crippen LogP contribution is 2.28. The predicted molar refractivity (Wildman–Crippen MR) is 69.9 cm³/mol. The van der Waals surface area contributed by atoms with Gasteiger partial charge in [0.1, 0.15) is 0 Å². The minimum absolute atomic E-state index is 0.0936. The van der Waals surface area contributed by atoms with Crippen LogP contribution < -0.4 is 5.32 Å². The van der Waals surface area contributed by atoms with Crippen molar-refractivity contribution >= 4 is 17.5 Å². The number of allylic oxidation sites excluding steroid dienone is 1. The Morgan fingerprint density at radius 3 is 2.65 bits per heavy atom. The Labute approximate surface area is 107 Å². The van der Waals surface area contributed by atoms with Crippen molar-refractivity contribution in [1.29, 1.82) is 0 Å². The van der Waals surface area contributed by atoms with Gasteiger partial charge in [-0.15, -0.1) is 6.58 Å². The Hall–Kier alpha value is -1.28.